The minimum atomic E-state index is -1.58. The lowest BCUT2D eigenvalue weighted by Crippen LogP contribution is -2.51. The topological polar surface area (TPSA) is 418 Å². The Hall–Kier alpha value is -8.86. The maximum absolute atomic E-state index is 13.3. The maximum atomic E-state index is 13.3. The number of Topliss-reactive ketones (excluding diaryl/α,β-unsaturated/α-hetero) is 2. The zero-order valence-electron chi connectivity index (χ0n) is 37.8. The molecular weight excluding hydrogens is 937 g/mol. The molecule has 71 heavy (non-hydrogen) atoms. The van der Waals surface area contributed by atoms with E-state index in [1.54, 1.807) is 48.5 Å². The van der Waals surface area contributed by atoms with Crippen molar-refractivity contribution in [3.8, 4) is 0 Å². The molecule has 0 unspecified atom stereocenters. The Morgan fingerprint density at radius 2 is 0.803 bits per heavy atom. The molecule has 3 aromatic rings. The number of urea groups is 2. The lowest BCUT2D eigenvalue weighted by Gasteiger charge is -2.19. The van der Waals surface area contributed by atoms with Crippen LogP contribution in [0.5, 0.6) is 0 Å². The van der Waals surface area contributed by atoms with Crippen molar-refractivity contribution >= 4 is 71.0 Å². The van der Waals surface area contributed by atoms with Crippen molar-refractivity contribution in [2.45, 2.75) is 107 Å². The van der Waals surface area contributed by atoms with E-state index in [2.05, 4.69) is 36.6 Å². The van der Waals surface area contributed by atoms with Crippen LogP contribution in [-0.4, -0.2) is 126 Å². The summed E-state index contributed by atoms with van der Waals surface area (Å²) in [4.78, 5) is 136. The molecule has 0 aliphatic carbocycles. The smallest absolute Gasteiger partial charge is 0.326 e. The molecule has 0 fully saturated rings. The van der Waals surface area contributed by atoms with Crippen molar-refractivity contribution in [3.05, 3.63) is 111 Å². The first-order valence-electron chi connectivity index (χ1n) is 21.8. The third-order valence-electron chi connectivity index (χ3n) is 10.6. The van der Waals surface area contributed by atoms with Crippen LogP contribution < -0.4 is 26.6 Å². The zero-order chi connectivity index (χ0) is 52.6. The third kappa shape index (κ3) is 21.3. The van der Waals surface area contributed by atoms with Crippen molar-refractivity contribution in [1.82, 2.24) is 26.6 Å². The van der Waals surface area contributed by atoms with Gasteiger partial charge in [-0.2, -0.15) is 0 Å². The molecule has 4 atom stereocenters. The molecule has 0 aliphatic heterocycles. The predicted octanol–water partition coefficient (Wildman–Crippen LogP) is 3.14. The van der Waals surface area contributed by atoms with Crippen molar-refractivity contribution in [3.63, 3.8) is 0 Å². The summed E-state index contributed by atoms with van der Waals surface area (Å²) in [7, 11) is 0. The van der Waals surface area contributed by atoms with Crippen LogP contribution in [-0.2, 0) is 64.0 Å². The first-order chi connectivity index (χ1) is 33.6. The molecule has 25 heteroatoms. The van der Waals surface area contributed by atoms with Gasteiger partial charge in [-0.05, 0) is 65.6 Å². The Bertz CT molecular complexity index is 2340. The number of ketones is 2. The van der Waals surface area contributed by atoms with Gasteiger partial charge in [0.25, 0.3) is 5.91 Å². The van der Waals surface area contributed by atoms with Gasteiger partial charge in [0.1, 0.15) is 35.7 Å². The van der Waals surface area contributed by atoms with E-state index < -0.39 is 110 Å². The number of amides is 5. The van der Waals surface area contributed by atoms with E-state index in [0.29, 0.717) is 22.3 Å². The zero-order valence-corrected chi connectivity index (χ0v) is 37.8. The van der Waals surface area contributed by atoms with E-state index in [-0.39, 0.29) is 74.2 Å². The molecule has 25 nitrogen and oxygen atoms in total. The lowest BCUT2D eigenvalue weighted by molar-refractivity contribution is -0.142. The number of rotatable bonds is 31. The molecule has 0 bridgehead atoms. The Balaban J connectivity index is 1.61. The highest BCUT2D eigenvalue weighted by Gasteiger charge is 2.27. The minimum Gasteiger partial charge on any atom is -0.481 e. The summed E-state index contributed by atoms with van der Waals surface area (Å²) in [6.07, 6.45) is -2.32. The fourth-order valence-corrected chi connectivity index (χ4v) is 6.82. The van der Waals surface area contributed by atoms with Gasteiger partial charge in [-0.15, -0.1) is 0 Å². The molecule has 0 aromatic heterocycles. The number of carbonyl (C=O) groups is 11. The standard InChI is InChI=1S/C46H52N8O17/c47-54-53-31-11-9-29(10-12-31)40(61)48-30(13-15-32(55)21-25-1-5-27(6-2-25)23-36(43(66)67)51-45(70)49-34(41(62)63)17-19-38(57)58)14-16-33(56)22-26-3-7-28(8-4-26)24-37(44(68)69)52-46(71)50-35(42(64)65)18-20-39(59)60/h1-12,30,34-37H,13-24H2,(H,48,61)(H,57,58)(H,59,60)(H,62,63)(H,64,65)(H,66,67)(H,68,69)(H2,49,51,70)(H2,50,52,71)/t34-,35-,36-,37-/m0/s1. The van der Waals surface area contributed by atoms with E-state index >= 15 is 0 Å². The van der Waals surface area contributed by atoms with Crippen LogP contribution >= 0.6 is 0 Å². The van der Waals surface area contributed by atoms with Gasteiger partial charge < -0.3 is 57.2 Å². The van der Waals surface area contributed by atoms with Gasteiger partial charge in [-0.25, -0.2) is 28.8 Å². The second-order valence-electron chi connectivity index (χ2n) is 16.1. The number of hydrogen-bond acceptors (Lipinski definition) is 12. The number of carboxylic acids is 6. The van der Waals surface area contributed by atoms with Crippen molar-refractivity contribution < 1.29 is 83.4 Å². The van der Waals surface area contributed by atoms with Gasteiger partial charge in [-0.3, -0.25) is 24.0 Å². The molecule has 0 saturated carbocycles. The summed E-state index contributed by atoms with van der Waals surface area (Å²) >= 11 is 0. The normalized spacial score (nSPS) is 12.4. The quantitative estimate of drug-likeness (QED) is 0.0250. The van der Waals surface area contributed by atoms with Crippen LogP contribution in [0, 0.1) is 0 Å². The van der Waals surface area contributed by atoms with Crippen molar-refractivity contribution in [2.24, 2.45) is 5.11 Å². The van der Waals surface area contributed by atoms with Crippen LogP contribution in [0.25, 0.3) is 10.4 Å². The molecule has 3 aromatic carbocycles. The van der Waals surface area contributed by atoms with Gasteiger partial charge >= 0.3 is 47.9 Å². The van der Waals surface area contributed by atoms with Crippen molar-refractivity contribution in [1.29, 1.82) is 0 Å². The monoisotopic (exact) mass is 988 g/mol. The molecule has 0 heterocycles. The van der Waals surface area contributed by atoms with E-state index in [4.69, 9.17) is 15.7 Å². The summed E-state index contributed by atoms with van der Waals surface area (Å²) in [5, 5.41) is 70.4. The Kier molecular flexibility index (Phi) is 22.6. The lowest BCUT2D eigenvalue weighted by atomic mass is 9.96. The van der Waals surface area contributed by atoms with Gasteiger partial charge in [0, 0.05) is 73.6 Å². The second-order valence-corrected chi connectivity index (χ2v) is 16.1. The van der Waals surface area contributed by atoms with Crippen LogP contribution in [0.2, 0.25) is 0 Å². The molecule has 5 amide bonds. The van der Waals surface area contributed by atoms with E-state index in [9.17, 15) is 73.2 Å². The number of nitrogens with zero attached hydrogens (tertiary/aromatic N) is 3. The Labute approximate surface area is 403 Å². The summed E-state index contributed by atoms with van der Waals surface area (Å²) in [5.41, 5.74) is 11.2. The summed E-state index contributed by atoms with van der Waals surface area (Å²) < 4.78 is 0. The minimum absolute atomic E-state index is 0.0270. The van der Waals surface area contributed by atoms with E-state index in [0.717, 1.165) is 0 Å². The van der Waals surface area contributed by atoms with Crippen LogP contribution in [0.4, 0.5) is 15.3 Å². The van der Waals surface area contributed by atoms with E-state index in [1.807, 2.05) is 0 Å². The maximum Gasteiger partial charge on any atom is 0.326 e. The molecule has 0 spiro atoms. The Morgan fingerprint density at radius 3 is 1.14 bits per heavy atom. The first kappa shape index (κ1) is 56.5. The molecule has 3 rings (SSSR count). The number of azide groups is 1. The first-order valence-corrected chi connectivity index (χ1v) is 21.8. The number of hydrogen-bond donors (Lipinski definition) is 11. The number of benzene rings is 3. The van der Waals surface area contributed by atoms with E-state index in [1.165, 1.54) is 24.3 Å². The molecule has 378 valence electrons. The highest BCUT2D eigenvalue weighted by molar-refractivity contribution is 5.95. The number of aliphatic carboxylic acids is 6. The fraction of sp³-hybridized carbons (Fsp3) is 0.370. The largest absolute Gasteiger partial charge is 0.481 e. The Morgan fingerprint density at radius 1 is 0.451 bits per heavy atom. The van der Waals surface area contributed by atoms with Crippen LogP contribution in [0.15, 0.2) is 77.9 Å². The average Bonchev–Trinajstić information content (AvgIpc) is 3.30. The summed E-state index contributed by atoms with van der Waals surface area (Å²) in [6, 6.07) is 9.14. The van der Waals surface area contributed by atoms with Crippen molar-refractivity contribution in [2.75, 3.05) is 0 Å². The number of carbonyl (C=O) groups excluding carboxylic acids is 5. The van der Waals surface area contributed by atoms with Crippen LogP contribution in [0.1, 0.15) is 84.0 Å². The molecule has 0 aliphatic rings. The second kappa shape index (κ2) is 28.5. The number of nitrogens with one attached hydrogen (secondary N) is 5. The molecule has 0 radical (unpaired) electrons. The van der Waals surface area contributed by atoms with Crippen LogP contribution in [0.3, 0.4) is 0 Å². The summed E-state index contributed by atoms with van der Waals surface area (Å²) in [6.45, 7) is 0. The highest BCUT2D eigenvalue weighted by atomic mass is 16.4. The molecule has 11 N–H and O–H groups in total. The SMILES string of the molecule is [N-]=[N+]=Nc1ccc(C(=O)NC(CCC(=O)Cc2ccc(C[C@H](NC(=O)N[C@@H](CCC(=O)O)C(=O)O)C(=O)O)cc2)CCC(=O)Cc2ccc(C[C@H](NC(=O)N[C@@H](CCC(=O)O)C(=O)O)C(=O)O)cc2)cc1. The number of carboxylic acid groups (broad SMARTS) is 6. The highest BCUT2D eigenvalue weighted by Crippen LogP contribution is 2.17. The van der Waals surface area contributed by atoms with Gasteiger partial charge in [0.15, 0.2) is 0 Å². The fourth-order valence-electron chi connectivity index (χ4n) is 6.82. The predicted molar refractivity (Wildman–Crippen MR) is 245 cm³/mol. The van der Waals surface area contributed by atoms with Gasteiger partial charge in [0.2, 0.25) is 0 Å². The average molecular weight is 989 g/mol. The molecular formula is C46H52N8O17. The van der Waals surface area contributed by atoms with Gasteiger partial charge in [-0.1, -0.05) is 65.8 Å². The third-order valence-corrected chi connectivity index (χ3v) is 10.6. The molecule has 0 saturated heterocycles. The summed E-state index contributed by atoms with van der Waals surface area (Å²) in [5.74, 6) is -9.44. The van der Waals surface area contributed by atoms with Gasteiger partial charge in [0.05, 0.1) is 0 Å².